The molecule has 24 heavy (non-hydrogen) atoms. The minimum Gasteiger partial charge on any atom is -0.451 e. The highest BCUT2D eigenvalue weighted by Crippen LogP contribution is 2.13. The molecule has 0 bridgehead atoms. The van der Waals surface area contributed by atoms with Crippen molar-refractivity contribution in [2.24, 2.45) is 0 Å². The lowest BCUT2D eigenvalue weighted by molar-refractivity contribution is -0.144. The molecular formula is C17H17ClN2O4. The van der Waals surface area contributed by atoms with Crippen molar-refractivity contribution in [2.45, 2.75) is 18.9 Å². The van der Waals surface area contributed by atoms with Crippen LogP contribution >= 0.6 is 11.6 Å². The highest BCUT2D eigenvalue weighted by Gasteiger charge is 2.17. The molecule has 1 heterocycles. The smallest absolute Gasteiger partial charge is 0.349 e. The minimum absolute atomic E-state index is 0.0177. The monoisotopic (exact) mass is 348 g/mol. The highest BCUT2D eigenvalue weighted by molar-refractivity contribution is 6.30. The quantitative estimate of drug-likeness (QED) is 0.483. The van der Waals surface area contributed by atoms with Gasteiger partial charge in [0.1, 0.15) is 11.6 Å². The van der Waals surface area contributed by atoms with Gasteiger partial charge in [-0.2, -0.15) is 5.26 Å². The van der Waals surface area contributed by atoms with E-state index in [1.807, 2.05) is 0 Å². The predicted molar refractivity (Wildman–Crippen MR) is 88.0 cm³/mol. The molecular weight excluding hydrogens is 332 g/mol. The number of rotatable bonds is 6. The average molecular weight is 349 g/mol. The zero-order chi connectivity index (χ0) is 17.4. The third kappa shape index (κ3) is 5.69. The van der Waals surface area contributed by atoms with E-state index in [1.165, 1.54) is 6.08 Å². The van der Waals surface area contributed by atoms with Crippen LogP contribution in [-0.4, -0.2) is 37.7 Å². The van der Waals surface area contributed by atoms with Gasteiger partial charge in [0.25, 0.3) is 5.91 Å². The van der Waals surface area contributed by atoms with Crippen LogP contribution in [0.2, 0.25) is 5.02 Å². The number of hydrogen-bond acceptors (Lipinski definition) is 5. The Morgan fingerprint density at radius 2 is 2.17 bits per heavy atom. The maximum absolute atomic E-state index is 11.9. The third-order valence-corrected chi connectivity index (χ3v) is 3.66. The van der Waals surface area contributed by atoms with E-state index in [4.69, 9.17) is 26.3 Å². The van der Waals surface area contributed by atoms with E-state index in [-0.39, 0.29) is 11.7 Å². The van der Waals surface area contributed by atoms with Crippen LogP contribution in [0.15, 0.2) is 29.8 Å². The van der Waals surface area contributed by atoms with Gasteiger partial charge in [-0.1, -0.05) is 23.7 Å². The van der Waals surface area contributed by atoms with Gasteiger partial charge in [-0.05, 0) is 36.6 Å². The summed E-state index contributed by atoms with van der Waals surface area (Å²) < 4.78 is 10.2. The molecule has 7 heteroatoms. The van der Waals surface area contributed by atoms with Crippen LogP contribution in [-0.2, 0) is 19.1 Å². The Morgan fingerprint density at radius 3 is 2.79 bits per heavy atom. The zero-order valence-electron chi connectivity index (χ0n) is 13.0. The van der Waals surface area contributed by atoms with Crippen LogP contribution in [0.25, 0.3) is 6.08 Å². The van der Waals surface area contributed by atoms with E-state index in [0.717, 1.165) is 12.8 Å². The van der Waals surface area contributed by atoms with Crippen LogP contribution in [0.4, 0.5) is 0 Å². The van der Waals surface area contributed by atoms with Crippen LogP contribution in [0.1, 0.15) is 18.4 Å². The van der Waals surface area contributed by atoms with E-state index < -0.39 is 18.5 Å². The molecule has 1 atom stereocenters. The summed E-state index contributed by atoms with van der Waals surface area (Å²) in [5.41, 5.74) is 0.444. The molecule has 0 spiro atoms. The van der Waals surface area contributed by atoms with Gasteiger partial charge < -0.3 is 14.8 Å². The Hall–Kier alpha value is -2.36. The van der Waals surface area contributed by atoms with Gasteiger partial charge in [0.05, 0.1) is 6.10 Å². The Bertz CT molecular complexity index is 658. The second-order valence-corrected chi connectivity index (χ2v) is 5.67. The van der Waals surface area contributed by atoms with Crippen molar-refractivity contribution in [3.8, 4) is 6.07 Å². The normalized spacial score (nSPS) is 17.2. The van der Waals surface area contributed by atoms with Crippen molar-refractivity contribution in [2.75, 3.05) is 19.8 Å². The summed E-state index contributed by atoms with van der Waals surface area (Å²) in [6.45, 7) is 0.657. The molecule has 0 aliphatic carbocycles. The summed E-state index contributed by atoms with van der Waals surface area (Å²) in [5, 5.41) is 12.2. The first kappa shape index (κ1) is 18.0. The van der Waals surface area contributed by atoms with Gasteiger partial charge in [-0.3, -0.25) is 4.79 Å². The molecule has 1 amide bonds. The summed E-state index contributed by atoms with van der Waals surface area (Å²) >= 11 is 5.78. The van der Waals surface area contributed by atoms with E-state index in [0.29, 0.717) is 23.7 Å². The molecule has 0 unspecified atom stereocenters. The molecule has 1 aromatic rings. The maximum Gasteiger partial charge on any atom is 0.349 e. The molecule has 1 fully saturated rings. The number of ether oxygens (including phenoxy) is 2. The molecule has 1 saturated heterocycles. The van der Waals surface area contributed by atoms with Gasteiger partial charge in [-0.15, -0.1) is 0 Å². The molecule has 2 rings (SSSR count). The lowest BCUT2D eigenvalue weighted by Crippen LogP contribution is -2.34. The largest absolute Gasteiger partial charge is 0.451 e. The van der Waals surface area contributed by atoms with E-state index in [1.54, 1.807) is 30.3 Å². The molecule has 1 aliphatic rings. The lowest BCUT2D eigenvalue weighted by Gasteiger charge is -2.10. The standard InChI is InChI=1S/C17H17ClN2O4/c18-14-5-3-12(4-6-14)8-13(9-19)17(22)24-11-16(21)20-10-15-2-1-7-23-15/h3-6,8,15H,1-2,7,10-11H2,(H,20,21)/b13-8-/t15-/m0/s1. The number of benzene rings is 1. The fourth-order valence-corrected chi connectivity index (χ4v) is 2.28. The fourth-order valence-electron chi connectivity index (χ4n) is 2.16. The van der Waals surface area contributed by atoms with Crippen molar-refractivity contribution >= 4 is 29.6 Å². The second kappa shape index (κ2) is 9.06. The van der Waals surface area contributed by atoms with Crippen LogP contribution < -0.4 is 5.32 Å². The lowest BCUT2D eigenvalue weighted by atomic mass is 10.1. The number of halogens is 1. The van der Waals surface area contributed by atoms with Crippen molar-refractivity contribution in [1.82, 2.24) is 5.32 Å². The highest BCUT2D eigenvalue weighted by atomic mass is 35.5. The second-order valence-electron chi connectivity index (χ2n) is 5.24. The Morgan fingerprint density at radius 1 is 1.42 bits per heavy atom. The van der Waals surface area contributed by atoms with Crippen LogP contribution in [0.3, 0.4) is 0 Å². The van der Waals surface area contributed by atoms with E-state index in [9.17, 15) is 9.59 Å². The summed E-state index contributed by atoms with van der Waals surface area (Å²) in [4.78, 5) is 23.5. The van der Waals surface area contributed by atoms with Gasteiger partial charge in [0, 0.05) is 18.2 Å². The third-order valence-electron chi connectivity index (χ3n) is 3.41. The summed E-state index contributed by atoms with van der Waals surface area (Å²) in [6, 6.07) is 8.39. The number of nitrogens with zero attached hydrogens (tertiary/aromatic N) is 1. The van der Waals surface area contributed by atoms with Gasteiger partial charge in [-0.25, -0.2) is 4.79 Å². The minimum atomic E-state index is -0.847. The first-order chi connectivity index (χ1) is 11.6. The number of amides is 1. The number of esters is 1. The van der Waals surface area contributed by atoms with Gasteiger partial charge >= 0.3 is 5.97 Å². The molecule has 0 saturated carbocycles. The molecule has 0 radical (unpaired) electrons. The summed E-state index contributed by atoms with van der Waals surface area (Å²) in [5.74, 6) is -1.28. The number of nitriles is 1. The van der Waals surface area contributed by atoms with Crippen LogP contribution in [0, 0.1) is 11.3 Å². The first-order valence-electron chi connectivity index (χ1n) is 7.51. The number of carbonyl (C=O) groups is 2. The SMILES string of the molecule is N#C/C(=C/c1ccc(Cl)cc1)C(=O)OCC(=O)NC[C@@H]1CCCO1. The van der Waals surface area contributed by atoms with E-state index >= 15 is 0 Å². The van der Waals surface area contributed by atoms with Gasteiger partial charge in [0.15, 0.2) is 6.61 Å². The zero-order valence-corrected chi connectivity index (χ0v) is 13.7. The van der Waals surface area contributed by atoms with Crippen molar-refractivity contribution < 1.29 is 19.1 Å². The summed E-state index contributed by atoms with van der Waals surface area (Å²) in [6.07, 6.45) is 3.28. The molecule has 1 N–H and O–H groups in total. The fraction of sp³-hybridized carbons (Fsp3) is 0.353. The number of hydrogen-bond donors (Lipinski definition) is 1. The van der Waals surface area contributed by atoms with Crippen molar-refractivity contribution in [3.63, 3.8) is 0 Å². The molecule has 126 valence electrons. The Balaban J connectivity index is 1.82. The first-order valence-corrected chi connectivity index (χ1v) is 7.89. The predicted octanol–water partition coefficient (Wildman–Crippen LogP) is 2.09. The number of nitrogens with one attached hydrogen (secondary N) is 1. The number of carbonyl (C=O) groups excluding carboxylic acids is 2. The summed E-state index contributed by atoms with van der Waals surface area (Å²) in [7, 11) is 0. The Labute approximate surface area is 145 Å². The van der Waals surface area contributed by atoms with Crippen molar-refractivity contribution in [3.05, 3.63) is 40.4 Å². The molecule has 6 nitrogen and oxygen atoms in total. The Kier molecular flexibility index (Phi) is 6.79. The topological polar surface area (TPSA) is 88.4 Å². The maximum atomic E-state index is 11.9. The van der Waals surface area contributed by atoms with Gasteiger partial charge in [0.2, 0.25) is 0 Å². The van der Waals surface area contributed by atoms with Crippen LogP contribution in [0.5, 0.6) is 0 Å². The molecule has 0 aromatic heterocycles. The van der Waals surface area contributed by atoms with E-state index in [2.05, 4.69) is 5.32 Å². The molecule has 1 aliphatic heterocycles. The molecule has 1 aromatic carbocycles. The van der Waals surface area contributed by atoms with Crippen molar-refractivity contribution in [1.29, 1.82) is 5.26 Å². The average Bonchev–Trinajstić information content (AvgIpc) is 3.11.